The summed E-state index contributed by atoms with van der Waals surface area (Å²) in [6.07, 6.45) is 3.01. The zero-order chi connectivity index (χ0) is 83.2. The fraction of sp³-hybridized carbons (Fsp3) is 0.282. The van der Waals surface area contributed by atoms with Crippen molar-refractivity contribution in [1.29, 1.82) is 0 Å². The van der Waals surface area contributed by atoms with Crippen LogP contribution in [0.5, 0.6) is 0 Å². The number of nitrogens with zero attached hydrogens (tertiary/aromatic N) is 6. The number of nitrogens with one attached hydrogen (secondary N) is 6. The SMILES string of the molecule is Nc1ccc2c(c1)C(=O)N(C1CCC(=O)NC1=O)C2.Nc1ccc2c(c1)C(=O)N(C1CCC(=O)NC1=O)C2=O.Nc1ccc2c(c1)CN(C1CCC(=O)NC1=O)C2=O.Nc1ccc2c(c1)CN(C1CCC(=O)NC1=O)C2=O.Nc1cccc2c1C(=O)N(C1CCC(=O)NC1=O)C2=O.Nc1cccc2c1CN(C1CCC(=O)NC1=O)C2=O. The quantitative estimate of drug-likeness (QED) is 0.0736. The number of amides is 20. The van der Waals surface area contributed by atoms with Crippen molar-refractivity contribution in [3.63, 3.8) is 0 Å². The Bertz CT molecular complexity index is 5240. The number of fused-ring (bicyclic) bond motifs is 6. The molecule has 0 aromatic heterocycles. The third-order valence-corrected chi connectivity index (χ3v) is 21.2. The Morgan fingerprint density at radius 1 is 0.250 bits per heavy atom. The molecule has 12 aliphatic heterocycles. The average Bonchev–Trinajstić information content (AvgIpc) is 1.63. The highest BCUT2D eigenvalue weighted by Gasteiger charge is 2.49. The second-order valence-electron chi connectivity index (χ2n) is 28.7. The van der Waals surface area contributed by atoms with E-state index in [1.165, 1.54) is 49.9 Å². The molecular formula is C78H74N18O20. The normalized spacial score (nSPS) is 22.3. The Labute approximate surface area is 656 Å². The first-order chi connectivity index (χ1) is 55.2. The molecule has 0 aliphatic carbocycles. The number of hydrogen-bond donors (Lipinski definition) is 12. The van der Waals surface area contributed by atoms with Crippen molar-refractivity contribution in [2.24, 2.45) is 0 Å². The van der Waals surface area contributed by atoms with E-state index < -0.39 is 107 Å². The van der Waals surface area contributed by atoms with Crippen LogP contribution < -0.4 is 66.3 Å². The Balaban J connectivity index is 0.000000121. The third-order valence-electron chi connectivity index (χ3n) is 21.2. The Kier molecular flexibility index (Phi) is 21.9. The van der Waals surface area contributed by atoms with Gasteiger partial charge in [-0.05, 0) is 146 Å². The molecule has 20 amide bonds. The van der Waals surface area contributed by atoms with E-state index in [-0.39, 0.29) is 127 Å². The van der Waals surface area contributed by atoms with Gasteiger partial charge in [0.15, 0.2) is 0 Å². The highest BCUT2D eigenvalue weighted by Crippen LogP contribution is 2.36. The maximum absolute atomic E-state index is 12.3. The molecule has 596 valence electrons. The minimum absolute atomic E-state index is 0.0965. The number of benzene rings is 6. The average molecular weight is 1580 g/mol. The van der Waals surface area contributed by atoms with E-state index in [2.05, 4.69) is 31.9 Å². The number of carbonyl (C=O) groups excluding carboxylic acids is 20. The molecule has 6 aromatic rings. The van der Waals surface area contributed by atoms with Crippen LogP contribution >= 0.6 is 0 Å². The van der Waals surface area contributed by atoms with Crippen LogP contribution in [0.1, 0.15) is 182 Å². The van der Waals surface area contributed by atoms with E-state index in [9.17, 15) is 95.9 Å². The monoisotopic (exact) mass is 1580 g/mol. The molecule has 6 aromatic carbocycles. The van der Waals surface area contributed by atoms with E-state index in [0.717, 1.165) is 32.1 Å². The zero-order valence-corrected chi connectivity index (χ0v) is 61.5. The van der Waals surface area contributed by atoms with Crippen LogP contribution in [0.3, 0.4) is 0 Å². The van der Waals surface area contributed by atoms with Gasteiger partial charge in [-0.1, -0.05) is 18.2 Å². The Hall–Kier alpha value is -14.9. The molecule has 6 saturated heterocycles. The fourth-order valence-corrected chi connectivity index (χ4v) is 15.4. The van der Waals surface area contributed by atoms with E-state index >= 15 is 0 Å². The molecule has 0 radical (unpaired) electrons. The van der Waals surface area contributed by atoms with Gasteiger partial charge in [-0.3, -0.25) is 138 Å². The second-order valence-corrected chi connectivity index (χ2v) is 28.7. The summed E-state index contributed by atoms with van der Waals surface area (Å²) < 4.78 is 0. The summed E-state index contributed by atoms with van der Waals surface area (Å²) in [4.78, 5) is 244. The summed E-state index contributed by atoms with van der Waals surface area (Å²) in [5, 5.41) is 13.3. The minimum atomic E-state index is -0.959. The number of rotatable bonds is 6. The van der Waals surface area contributed by atoms with Gasteiger partial charge < -0.3 is 54.0 Å². The second kappa shape index (κ2) is 32.1. The summed E-state index contributed by atoms with van der Waals surface area (Å²) in [6.45, 7) is 1.45. The molecule has 6 unspecified atom stereocenters. The Morgan fingerprint density at radius 2 is 0.552 bits per heavy atom. The van der Waals surface area contributed by atoms with Crippen molar-refractivity contribution in [1.82, 2.24) is 61.3 Å². The molecule has 38 nitrogen and oxygen atoms in total. The molecule has 0 spiro atoms. The van der Waals surface area contributed by atoms with Crippen molar-refractivity contribution >= 4 is 152 Å². The number of imide groups is 8. The van der Waals surface area contributed by atoms with Crippen LogP contribution in [-0.2, 0) is 83.7 Å². The summed E-state index contributed by atoms with van der Waals surface area (Å²) in [5.41, 5.74) is 43.4. The van der Waals surface area contributed by atoms with Crippen molar-refractivity contribution in [3.8, 4) is 0 Å². The summed E-state index contributed by atoms with van der Waals surface area (Å²) in [7, 11) is 0. The standard InChI is InChI=1S/2C13H11N3O4.4C13H13N3O3/c14-6-1-2-7-8(5-6)13(20)16(12(7)19)9-3-4-10(17)15-11(9)18;14-7-3-1-2-6-10(7)13(20)16(12(6)19)8-4-5-9(17)15-11(8)18;2*14-8-1-2-9-7(5-8)6-16(13(9)19)10-3-4-11(17)15-12(10)18;14-8-2-1-7-6-16(13(19)9(7)5-8)10-3-4-11(17)15-12(10)18;14-9-3-1-2-7-8(9)6-16(13(7)19)10-4-5-11(17)15-12(10)18/h1-2,5,9H,3-4,14H2,(H,15,17,18);1-3,8H,4-5,14H2,(H,15,17,18);3*1-2,5,10H,3-4,6,14H2,(H,15,17,18);1-3,10H,4-6,14H2,(H,15,17,18). The van der Waals surface area contributed by atoms with Crippen LogP contribution in [0.4, 0.5) is 34.1 Å². The van der Waals surface area contributed by atoms with Gasteiger partial charge in [-0.2, -0.15) is 0 Å². The molecule has 18 rings (SSSR count). The summed E-state index contributed by atoms with van der Waals surface area (Å²) in [6, 6.07) is 25.3. The van der Waals surface area contributed by atoms with Crippen molar-refractivity contribution < 1.29 is 95.9 Å². The third kappa shape index (κ3) is 15.6. The van der Waals surface area contributed by atoms with E-state index in [0.29, 0.717) is 103 Å². The topological polar surface area (TPSA) is 589 Å². The highest BCUT2D eigenvalue weighted by atomic mass is 16.2. The van der Waals surface area contributed by atoms with Crippen LogP contribution in [0, 0.1) is 0 Å². The summed E-state index contributed by atoms with van der Waals surface area (Å²) >= 11 is 0. The van der Waals surface area contributed by atoms with Gasteiger partial charge in [-0.15, -0.1) is 0 Å². The van der Waals surface area contributed by atoms with Crippen LogP contribution in [-0.4, -0.2) is 184 Å². The lowest BCUT2D eigenvalue weighted by atomic mass is 10.0. The zero-order valence-electron chi connectivity index (χ0n) is 61.5. The molecular weight excluding hydrogens is 1510 g/mol. The van der Waals surface area contributed by atoms with Gasteiger partial charge in [0, 0.05) is 127 Å². The molecule has 18 N–H and O–H groups in total. The molecule has 38 heteroatoms. The van der Waals surface area contributed by atoms with E-state index in [1.807, 2.05) is 0 Å². The molecule has 12 heterocycles. The van der Waals surface area contributed by atoms with Crippen LogP contribution in [0.2, 0.25) is 0 Å². The lowest BCUT2D eigenvalue weighted by molar-refractivity contribution is -0.138. The first-order valence-corrected chi connectivity index (χ1v) is 36.6. The lowest BCUT2D eigenvalue weighted by Crippen LogP contribution is -2.54. The molecule has 6 fully saturated rings. The first kappa shape index (κ1) is 79.2. The summed E-state index contributed by atoms with van der Waals surface area (Å²) in [5.74, 6) is -7.74. The van der Waals surface area contributed by atoms with Gasteiger partial charge in [0.25, 0.3) is 47.3 Å². The number of anilines is 6. The van der Waals surface area contributed by atoms with Gasteiger partial charge in [0.05, 0.1) is 22.3 Å². The lowest BCUT2D eigenvalue weighted by Gasteiger charge is -2.29. The number of hydrogen-bond acceptors (Lipinski definition) is 26. The molecule has 6 atom stereocenters. The number of nitrogen functional groups attached to an aromatic ring is 6. The molecule has 0 saturated carbocycles. The van der Waals surface area contributed by atoms with Crippen molar-refractivity contribution in [2.45, 2.75) is 139 Å². The maximum Gasteiger partial charge on any atom is 0.264 e. The maximum atomic E-state index is 12.3. The number of nitrogens with two attached hydrogens (primary N) is 6. The molecule has 0 bridgehead atoms. The van der Waals surface area contributed by atoms with Crippen LogP contribution in [0.25, 0.3) is 0 Å². The van der Waals surface area contributed by atoms with Gasteiger partial charge in [0.1, 0.15) is 36.3 Å². The number of carbonyl (C=O) groups is 20. The predicted molar refractivity (Wildman–Crippen MR) is 403 cm³/mol. The van der Waals surface area contributed by atoms with E-state index in [4.69, 9.17) is 34.4 Å². The smallest absolute Gasteiger partial charge is 0.264 e. The molecule has 116 heavy (non-hydrogen) atoms. The van der Waals surface area contributed by atoms with Gasteiger partial charge >= 0.3 is 0 Å². The predicted octanol–water partition coefficient (Wildman–Crippen LogP) is -0.541. The minimum Gasteiger partial charge on any atom is -0.399 e. The van der Waals surface area contributed by atoms with Gasteiger partial charge in [0.2, 0.25) is 70.9 Å². The number of piperidine rings is 6. The van der Waals surface area contributed by atoms with Gasteiger partial charge in [-0.25, -0.2) is 0 Å². The van der Waals surface area contributed by atoms with Crippen LogP contribution in [0.15, 0.2) is 109 Å². The van der Waals surface area contributed by atoms with Crippen molar-refractivity contribution in [3.05, 3.63) is 176 Å². The first-order valence-electron chi connectivity index (χ1n) is 36.6. The molecule has 12 aliphatic rings. The Morgan fingerprint density at radius 3 is 0.948 bits per heavy atom. The van der Waals surface area contributed by atoms with E-state index in [1.54, 1.807) is 78.9 Å². The largest absolute Gasteiger partial charge is 0.399 e. The fourth-order valence-electron chi connectivity index (χ4n) is 15.4. The van der Waals surface area contributed by atoms with Crippen molar-refractivity contribution in [2.75, 3.05) is 34.4 Å². The highest BCUT2D eigenvalue weighted by molar-refractivity contribution is 6.26.